The molecule has 0 aliphatic heterocycles. The van der Waals surface area contributed by atoms with Crippen molar-refractivity contribution < 1.29 is 14.6 Å². The van der Waals surface area contributed by atoms with Crippen LogP contribution in [0, 0.1) is 0 Å². The first kappa shape index (κ1) is 11.4. The highest BCUT2D eigenvalue weighted by atomic mass is 16.5. The number of nitrogens with two attached hydrogens (primary N) is 1. The summed E-state index contributed by atoms with van der Waals surface area (Å²) in [6.45, 7) is 2.36. The van der Waals surface area contributed by atoms with E-state index < -0.39 is 12.0 Å². The minimum absolute atomic E-state index is 0.0793. The fourth-order valence-electron chi connectivity index (χ4n) is 0.681. The van der Waals surface area contributed by atoms with Gasteiger partial charge in [-0.2, -0.15) is 0 Å². The Morgan fingerprint density at radius 1 is 1.67 bits per heavy atom. The standard InChI is InChI=1S/C8H17NO3/c1-2-3-6-12-8(11)7(9)4-5-10/h7,10H,2-6,9H2,1H3/t7-/m1/s1. The molecule has 0 saturated heterocycles. The quantitative estimate of drug-likeness (QED) is 0.441. The van der Waals surface area contributed by atoms with Gasteiger partial charge >= 0.3 is 5.97 Å². The molecular formula is C8H17NO3. The monoisotopic (exact) mass is 175 g/mol. The van der Waals surface area contributed by atoms with Gasteiger partial charge < -0.3 is 15.6 Å². The number of aliphatic hydroxyl groups is 1. The first-order valence-electron chi connectivity index (χ1n) is 4.25. The van der Waals surface area contributed by atoms with E-state index in [2.05, 4.69) is 0 Å². The number of carbonyl (C=O) groups excluding carboxylic acids is 1. The van der Waals surface area contributed by atoms with Crippen LogP contribution < -0.4 is 5.73 Å². The summed E-state index contributed by atoms with van der Waals surface area (Å²) in [5.41, 5.74) is 5.38. The van der Waals surface area contributed by atoms with Crippen molar-refractivity contribution in [1.29, 1.82) is 0 Å². The molecule has 0 bridgehead atoms. The van der Waals surface area contributed by atoms with Crippen molar-refractivity contribution in [2.75, 3.05) is 13.2 Å². The SMILES string of the molecule is CCCCOC(=O)[C@H](N)CCO. The number of rotatable bonds is 6. The first-order chi connectivity index (χ1) is 5.72. The van der Waals surface area contributed by atoms with Crippen LogP contribution in [0.1, 0.15) is 26.2 Å². The molecule has 0 radical (unpaired) electrons. The molecule has 72 valence electrons. The van der Waals surface area contributed by atoms with E-state index in [1.165, 1.54) is 0 Å². The predicted octanol–water partition coefficient (Wildman–Crippen LogP) is 0.0394. The van der Waals surface area contributed by atoms with Crippen LogP contribution in [0.4, 0.5) is 0 Å². The Morgan fingerprint density at radius 3 is 2.83 bits per heavy atom. The molecule has 0 amide bonds. The lowest BCUT2D eigenvalue weighted by Crippen LogP contribution is -2.33. The van der Waals surface area contributed by atoms with Crippen LogP contribution in [0.2, 0.25) is 0 Å². The predicted molar refractivity (Wildman–Crippen MR) is 45.5 cm³/mol. The lowest BCUT2D eigenvalue weighted by Gasteiger charge is -2.09. The molecule has 0 aromatic rings. The molecule has 0 aliphatic rings. The summed E-state index contributed by atoms with van der Waals surface area (Å²) in [6.07, 6.45) is 2.12. The molecule has 0 heterocycles. The molecule has 0 unspecified atom stereocenters. The van der Waals surface area contributed by atoms with Gasteiger partial charge in [0.1, 0.15) is 6.04 Å². The van der Waals surface area contributed by atoms with E-state index in [0.717, 1.165) is 12.8 Å². The van der Waals surface area contributed by atoms with Crippen LogP contribution in [-0.4, -0.2) is 30.3 Å². The van der Waals surface area contributed by atoms with Crippen molar-refractivity contribution in [3.8, 4) is 0 Å². The maximum atomic E-state index is 10.9. The second-order valence-corrected chi connectivity index (χ2v) is 2.64. The molecule has 0 aliphatic carbocycles. The second-order valence-electron chi connectivity index (χ2n) is 2.64. The molecule has 4 nitrogen and oxygen atoms in total. The summed E-state index contributed by atoms with van der Waals surface area (Å²) in [7, 11) is 0. The summed E-state index contributed by atoms with van der Waals surface area (Å²) in [5.74, 6) is -0.419. The van der Waals surface area contributed by atoms with E-state index in [1.54, 1.807) is 0 Å². The van der Waals surface area contributed by atoms with Crippen LogP contribution in [0.3, 0.4) is 0 Å². The highest BCUT2D eigenvalue weighted by molar-refractivity contribution is 5.75. The van der Waals surface area contributed by atoms with Gasteiger partial charge in [-0.25, -0.2) is 0 Å². The summed E-state index contributed by atoms with van der Waals surface area (Å²) >= 11 is 0. The van der Waals surface area contributed by atoms with Crippen LogP contribution in [0.5, 0.6) is 0 Å². The van der Waals surface area contributed by atoms with E-state index in [9.17, 15) is 4.79 Å². The minimum Gasteiger partial charge on any atom is -0.465 e. The zero-order valence-corrected chi connectivity index (χ0v) is 7.45. The van der Waals surface area contributed by atoms with Crippen molar-refractivity contribution in [2.45, 2.75) is 32.2 Å². The highest BCUT2D eigenvalue weighted by Gasteiger charge is 2.13. The molecule has 0 fully saturated rings. The summed E-state index contributed by atoms with van der Waals surface area (Å²) in [5, 5.41) is 8.47. The number of unbranched alkanes of at least 4 members (excludes halogenated alkanes) is 1. The van der Waals surface area contributed by atoms with E-state index in [-0.39, 0.29) is 13.0 Å². The maximum absolute atomic E-state index is 10.9. The number of ether oxygens (including phenoxy) is 1. The van der Waals surface area contributed by atoms with E-state index in [0.29, 0.717) is 6.61 Å². The van der Waals surface area contributed by atoms with Crippen LogP contribution in [0.15, 0.2) is 0 Å². The van der Waals surface area contributed by atoms with Crippen molar-refractivity contribution in [2.24, 2.45) is 5.73 Å². The van der Waals surface area contributed by atoms with E-state index >= 15 is 0 Å². The third kappa shape index (κ3) is 5.09. The van der Waals surface area contributed by atoms with Crippen LogP contribution in [0.25, 0.3) is 0 Å². The average molecular weight is 175 g/mol. The molecule has 0 aromatic carbocycles. The minimum atomic E-state index is -0.674. The highest BCUT2D eigenvalue weighted by Crippen LogP contribution is 1.94. The fourth-order valence-corrected chi connectivity index (χ4v) is 0.681. The second kappa shape index (κ2) is 7.06. The van der Waals surface area contributed by atoms with E-state index in [1.807, 2.05) is 6.92 Å². The van der Waals surface area contributed by atoms with Gasteiger partial charge in [0, 0.05) is 6.61 Å². The van der Waals surface area contributed by atoms with Gasteiger partial charge in [0.25, 0.3) is 0 Å². The molecule has 0 rings (SSSR count). The maximum Gasteiger partial charge on any atom is 0.322 e. The number of carbonyl (C=O) groups is 1. The van der Waals surface area contributed by atoms with Crippen molar-refractivity contribution >= 4 is 5.97 Å². The summed E-state index contributed by atoms with van der Waals surface area (Å²) in [6, 6.07) is -0.674. The van der Waals surface area contributed by atoms with E-state index in [4.69, 9.17) is 15.6 Å². The fraction of sp³-hybridized carbons (Fsp3) is 0.875. The number of aliphatic hydroxyl groups excluding tert-OH is 1. The Balaban J connectivity index is 3.43. The van der Waals surface area contributed by atoms with Gasteiger partial charge in [-0.3, -0.25) is 4.79 Å². The summed E-state index contributed by atoms with van der Waals surface area (Å²) in [4.78, 5) is 10.9. The average Bonchev–Trinajstić information content (AvgIpc) is 2.05. The van der Waals surface area contributed by atoms with Crippen molar-refractivity contribution in [3.63, 3.8) is 0 Å². The molecule has 3 N–H and O–H groups in total. The van der Waals surface area contributed by atoms with Gasteiger partial charge in [0.05, 0.1) is 6.61 Å². The largest absolute Gasteiger partial charge is 0.465 e. The molecule has 0 saturated carbocycles. The molecule has 0 spiro atoms. The smallest absolute Gasteiger partial charge is 0.322 e. The Bertz CT molecular complexity index is 127. The normalized spacial score (nSPS) is 12.6. The molecular weight excluding hydrogens is 158 g/mol. The summed E-state index contributed by atoms with van der Waals surface area (Å²) < 4.78 is 4.82. The third-order valence-electron chi connectivity index (χ3n) is 1.49. The Labute approximate surface area is 72.7 Å². The first-order valence-corrected chi connectivity index (χ1v) is 4.25. The zero-order valence-electron chi connectivity index (χ0n) is 7.45. The van der Waals surface area contributed by atoms with Gasteiger partial charge in [0.15, 0.2) is 0 Å². The number of esters is 1. The zero-order chi connectivity index (χ0) is 9.40. The third-order valence-corrected chi connectivity index (χ3v) is 1.49. The van der Waals surface area contributed by atoms with Gasteiger partial charge in [-0.15, -0.1) is 0 Å². The lowest BCUT2D eigenvalue weighted by atomic mass is 10.2. The van der Waals surface area contributed by atoms with Crippen molar-refractivity contribution in [1.82, 2.24) is 0 Å². The Kier molecular flexibility index (Phi) is 6.70. The molecule has 0 aromatic heterocycles. The van der Waals surface area contributed by atoms with Crippen LogP contribution in [-0.2, 0) is 9.53 Å². The Hall–Kier alpha value is -0.610. The molecule has 12 heavy (non-hydrogen) atoms. The van der Waals surface area contributed by atoms with Gasteiger partial charge in [-0.1, -0.05) is 13.3 Å². The molecule has 4 heteroatoms. The lowest BCUT2D eigenvalue weighted by molar-refractivity contribution is -0.145. The molecule has 1 atom stereocenters. The Morgan fingerprint density at radius 2 is 2.33 bits per heavy atom. The van der Waals surface area contributed by atoms with Crippen molar-refractivity contribution in [3.05, 3.63) is 0 Å². The van der Waals surface area contributed by atoms with Gasteiger partial charge in [0.2, 0.25) is 0 Å². The van der Waals surface area contributed by atoms with Crippen LogP contribution >= 0.6 is 0 Å². The number of hydrogen-bond acceptors (Lipinski definition) is 4. The topological polar surface area (TPSA) is 72.5 Å². The van der Waals surface area contributed by atoms with Gasteiger partial charge in [-0.05, 0) is 12.8 Å². The number of hydrogen-bond donors (Lipinski definition) is 2.